The number of nitrogens with one attached hydrogen (secondary N) is 2. The first kappa shape index (κ1) is 22.5. The number of amidine groups is 1. The monoisotopic (exact) mass is 462 g/mol. The van der Waals surface area contributed by atoms with E-state index in [1.807, 2.05) is 0 Å². The molecule has 4 aromatic rings. The molecule has 34 heavy (non-hydrogen) atoms. The van der Waals surface area contributed by atoms with Crippen LogP contribution in [0.5, 0.6) is 5.75 Å². The van der Waals surface area contributed by atoms with Crippen LogP contribution in [-0.2, 0) is 9.59 Å². The highest BCUT2D eigenvalue weighted by atomic mass is 19.1. The van der Waals surface area contributed by atoms with Gasteiger partial charge in [0.2, 0.25) is 0 Å². The average molecular weight is 462 g/mol. The van der Waals surface area contributed by atoms with Gasteiger partial charge in [0, 0.05) is 16.7 Å². The number of nitrogen functional groups attached to an aromatic ring is 1. The Morgan fingerprint density at radius 2 is 1.76 bits per heavy atom. The molecule has 1 atom stereocenters. The molecule has 0 aliphatic heterocycles. The number of aliphatic carboxylic acids is 2. The van der Waals surface area contributed by atoms with Crippen molar-refractivity contribution in [3.05, 3.63) is 71.5 Å². The van der Waals surface area contributed by atoms with E-state index in [9.17, 15) is 29.3 Å². The molecule has 1 aromatic heterocycles. The van der Waals surface area contributed by atoms with E-state index in [0.29, 0.717) is 16.6 Å². The van der Waals surface area contributed by atoms with Crippen LogP contribution < -0.4 is 5.73 Å². The van der Waals surface area contributed by atoms with Gasteiger partial charge in [0.1, 0.15) is 23.2 Å². The number of aromatic amines is 1. The molecule has 3 aromatic carbocycles. The number of benzene rings is 3. The molecule has 1 heterocycles. The lowest BCUT2D eigenvalue weighted by molar-refractivity contribution is -0.145. The number of hydrogen-bond donors (Lipinski definition) is 6. The molecule has 0 fully saturated rings. The van der Waals surface area contributed by atoms with E-state index in [1.165, 1.54) is 30.3 Å². The van der Waals surface area contributed by atoms with Crippen molar-refractivity contribution in [2.45, 2.75) is 12.3 Å². The quantitative estimate of drug-likeness (QED) is 0.179. The van der Waals surface area contributed by atoms with Gasteiger partial charge in [-0.25, -0.2) is 9.37 Å². The predicted octanol–water partition coefficient (Wildman–Crippen LogP) is 3.67. The summed E-state index contributed by atoms with van der Waals surface area (Å²) in [4.78, 5) is 30.6. The number of H-pyrrole nitrogens is 1. The Morgan fingerprint density at radius 3 is 2.41 bits per heavy atom. The Bertz CT molecular complexity index is 1460. The average Bonchev–Trinajstić information content (AvgIpc) is 3.21. The van der Waals surface area contributed by atoms with Crippen molar-refractivity contribution in [3.63, 3.8) is 0 Å². The zero-order valence-electron chi connectivity index (χ0n) is 17.5. The number of carboxylic acids is 2. The van der Waals surface area contributed by atoms with Crippen LogP contribution in [0, 0.1) is 11.2 Å². The Balaban J connectivity index is 1.98. The number of hydrogen-bond acceptors (Lipinski definition) is 5. The van der Waals surface area contributed by atoms with E-state index in [1.54, 1.807) is 24.3 Å². The predicted molar refractivity (Wildman–Crippen MR) is 122 cm³/mol. The topological polar surface area (TPSA) is 173 Å². The minimum absolute atomic E-state index is 0.00730. The lowest BCUT2D eigenvalue weighted by Gasteiger charge is -2.16. The first-order chi connectivity index (χ1) is 16.2. The maximum absolute atomic E-state index is 14.6. The molecule has 4 rings (SSSR count). The van der Waals surface area contributed by atoms with Crippen molar-refractivity contribution in [1.82, 2.24) is 9.97 Å². The number of nitrogens with zero attached hydrogens (tertiary/aromatic N) is 1. The summed E-state index contributed by atoms with van der Waals surface area (Å²) in [6.07, 6.45) is -0.710. The van der Waals surface area contributed by atoms with Crippen molar-refractivity contribution in [1.29, 1.82) is 5.41 Å². The number of carbonyl (C=O) groups is 2. The minimum atomic E-state index is -1.45. The van der Waals surface area contributed by atoms with Crippen molar-refractivity contribution in [2.75, 3.05) is 0 Å². The third-order valence-electron chi connectivity index (χ3n) is 5.42. The number of rotatable bonds is 7. The fourth-order valence-corrected chi connectivity index (χ4v) is 3.75. The first-order valence-electron chi connectivity index (χ1n) is 10.1. The zero-order valence-corrected chi connectivity index (χ0v) is 17.5. The number of fused-ring (bicyclic) bond motifs is 1. The van der Waals surface area contributed by atoms with Crippen LogP contribution in [0.25, 0.3) is 33.5 Å². The molecule has 0 saturated carbocycles. The SMILES string of the molecule is N=C(N)c1ccc2nc(-c3cc([C@@H](CC(=O)O)C(=O)O)cc(-c4ccccc4F)c3O)[nH]c2c1. The Morgan fingerprint density at radius 1 is 1.06 bits per heavy atom. The highest BCUT2D eigenvalue weighted by Crippen LogP contribution is 2.41. The van der Waals surface area contributed by atoms with Gasteiger partial charge in [-0.1, -0.05) is 18.2 Å². The third kappa shape index (κ3) is 4.16. The van der Waals surface area contributed by atoms with E-state index in [2.05, 4.69) is 9.97 Å². The maximum Gasteiger partial charge on any atom is 0.311 e. The molecule has 9 nitrogen and oxygen atoms in total. The molecule has 7 N–H and O–H groups in total. The summed E-state index contributed by atoms with van der Waals surface area (Å²) < 4.78 is 14.6. The Kier molecular flexibility index (Phi) is 5.72. The van der Waals surface area contributed by atoms with Crippen LogP contribution >= 0.6 is 0 Å². The molecule has 0 radical (unpaired) electrons. The lowest BCUT2D eigenvalue weighted by atomic mass is 9.89. The molecule has 10 heteroatoms. The van der Waals surface area contributed by atoms with Gasteiger partial charge in [0.25, 0.3) is 0 Å². The fraction of sp³-hybridized carbons (Fsp3) is 0.0833. The number of halogens is 1. The van der Waals surface area contributed by atoms with E-state index in [0.717, 1.165) is 0 Å². The van der Waals surface area contributed by atoms with Gasteiger partial charge in [-0.15, -0.1) is 0 Å². The van der Waals surface area contributed by atoms with Crippen molar-refractivity contribution < 1.29 is 29.3 Å². The van der Waals surface area contributed by atoms with Gasteiger partial charge in [-0.2, -0.15) is 0 Å². The Labute approximate surface area is 191 Å². The first-order valence-corrected chi connectivity index (χ1v) is 10.1. The second-order valence-corrected chi connectivity index (χ2v) is 7.66. The maximum atomic E-state index is 14.6. The highest BCUT2D eigenvalue weighted by molar-refractivity contribution is 5.98. The fourth-order valence-electron chi connectivity index (χ4n) is 3.75. The van der Waals surface area contributed by atoms with Crippen LogP contribution in [0.3, 0.4) is 0 Å². The second kappa shape index (κ2) is 8.66. The van der Waals surface area contributed by atoms with Gasteiger partial charge in [-0.05, 0) is 42.0 Å². The summed E-state index contributed by atoms with van der Waals surface area (Å²) in [5, 5.41) is 37.5. The highest BCUT2D eigenvalue weighted by Gasteiger charge is 2.27. The molecule has 0 aliphatic rings. The van der Waals surface area contributed by atoms with Gasteiger partial charge in [-0.3, -0.25) is 15.0 Å². The van der Waals surface area contributed by atoms with Crippen molar-refractivity contribution in [2.24, 2.45) is 5.73 Å². The number of aromatic hydroxyl groups is 1. The number of aromatic nitrogens is 2. The van der Waals surface area contributed by atoms with Gasteiger partial charge in [0.15, 0.2) is 0 Å². The zero-order chi connectivity index (χ0) is 24.6. The molecular weight excluding hydrogens is 443 g/mol. The van der Waals surface area contributed by atoms with Gasteiger partial charge in [0.05, 0.1) is 28.9 Å². The normalized spacial score (nSPS) is 11.9. The number of imidazole rings is 1. The number of carboxylic acid groups (broad SMARTS) is 2. The summed E-state index contributed by atoms with van der Waals surface area (Å²) in [7, 11) is 0. The van der Waals surface area contributed by atoms with Gasteiger partial charge < -0.3 is 26.0 Å². The van der Waals surface area contributed by atoms with Gasteiger partial charge >= 0.3 is 11.9 Å². The second-order valence-electron chi connectivity index (χ2n) is 7.66. The molecule has 0 spiro atoms. The standard InChI is InChI=1S/C24H19FN4O5/c25-17-4-2-1-3-13(17)15-7-12(14(24(33)34)10-20(30)31)8-16(21(15)32)23-28-18-6-5-11(22(26)27)9-19(18)29-23/h1-9,14,32H,10H2,(H3,26,27)(H,28,29)(H,30,31)(H,33,34)/t14-/m1/s1. The minimum Gasteiger partial charge on any atom is -0.507 e. The Hall–Kier alpha value is -4.73. The van der Waals surface area contributed by atoms with Crippen molar-refractivity contribution >= 4 is 28.8 Å². The summed E-state index contributed by atoms with van der Waals surface area (Å²) >= 11 is 0. The number of nitrogens with two attached hydrogens (primary N) is 1. The molecule has 0 amide bonds. The largest absolute Gasteiger partial charge is 0.507 e. The van der Waals surface area contributed by atoms with Crippen LogP contribution in [0.15, 0.2) is 54.6 Å². The van der Waals surface area contributed by atoms with E-state index < -0.39 is 30.1 Å². The smallest absolute Gasteiger partial charge is 0.311 e. The van der Waals surface area contributed by atoms with E-state index in [4.69, 9.17) is 11.1 Å². The number of phenols is 1. The number of phenolic OH excluding ortho intramolecular Hbond substituents is 1. The van der Waals surface area contributed by atoms with Crippen LogP contribution in [0.4, 0.5) is 4.39 Å². The summed E-state index contributed by atoms with van der Waals surface area (Å²) in [6.45, 7) is 0. The molecule has 0 bridgehead atoms. The lowest BCUT2D eigenvalue weighted by Crippen LogP contribution is -2.16. The van der Waals surface area contributed by atoms with E-state index in [-0.39, 0.29) is 39.7 Å². The summed E-state index contributed by atoms with van der Waals surface area (Å²) in [5.41, 5.74) is 7.09. The molecule has 0 saturated heterocycles. The van der Waals surface area contributed by atoms with Crippen LogP contribution in [0.2, 0.25) is 0 Å². The van der Waals surface area contributed by atoms with Crippen LogP contribution in [0.1, 0.15) is 23.5 Å². The molecule has 172 valence electrons. The summed E-state index contributed by atoms with van der Waals surface area (Å²) in [6, 6.07) is 13.1. The summed E-state index contributed by atoms with van der Waals surface area (Å²) in [5.74, 6) is -5.17. The third-order valence-corrected chi connectivity index (χ3v) is 5.42. The molecule has 0 aliphatic carbocycles. The molecular formula is C24H19FN4O5. The van der Waals surface area contributed by atoms with E-state index >= 15 is 0 Å². The van der Waals surface area contributed by atoms with Crippen molar-refractivity contribution in [3.8, 4) is 28.3 Å². The van der Waals surface area contributed by atoms with Crippen LogP contribution in [-0.4, -0.2) is 43.1 Å². The molecule has 0 unspecified atom stereocenters.